The lowest BCUT2D eigenvalue weighted by molar-refractivity contribution is -0.0262. The molecule has 2 heteroatoms. The van der Waals surface area contributed by atoms with Crippen LogP contribution in [0.15, 0.2) is 42.5 Å². The number of hydrogen-bond donors (Lipinski definition) is 0. The van der Waals surface area contributed by atoms with Crippen LogP contribution in [0.5, 0.6) is 0 Å². The van der Waals surface area contributed by atoms with E-state index in [-0.39, 0.29) is 12.2 Å². The van der Waals surface area contributed by atoms with Gasteiger partial charge in [-0.15, -0.1) is 0 Å². The number of rotatable bonds is 4. The Morgan fingerprint density at radius 2 is 1.70 bits per heavy atom. The Hall–Kier alpha value is -1.12. The van der Waals surface area contributed by atoms with Crippen molar-refractivity contribution in [3.05, 3.63) is 48.0 Å². The van der Waals surface area contributed by atoms with Crippen molar-refractivity contribution in [1.82, 2.24) is 0 Å². The van der Waals surface area contributed by atoms with Crippen molar-refractivity contribution in [2.45, 2.75) is 50.6 Å². The van der Waals surface area contributed by atoms with E-state index in [2.05, 4.69) is 49.4 Å². The minimum atomic E-state index is 0.211. The standard InChI is InChI=1S/C18H22O2/c1-2-3-9-13-16-14-10-11-15(19-14)17(16)18(20-13)12-7-5-4-6-8-12/h4-8,10-11,13-18H,2-3,9H2,1H3/t13-,14-,15+,16+,17+,18-/m1/s1. The molecular formula is C18H22O2. The summed E-state index contributed by atoms with van der Waals surface area (Å²) in [6, 6.07) is 10.7. The van der Waals surface area contributed by atoms with Crippen molar-refractivity contribution in [2.24, 2.45) is 11.8 Å². The van der Waals surface area contributed by atoms with Crippen LogP contribution in [-0.4, -0.2) is 18.3 Å². The zero-order valence-corrected chi connectivity index (χ0v) is 11.9. The zero-order chi connectivity index (χ0) is 13.5. The molecule has 3 heterocycles. The number of hydrogen-bond acceptors (Lipinski definition) is 2. The van der Waals surface area contributed by atoms with Crippen molar-refractivity contribution in [3.63, 3.8) is 0 Å². The van der Waals surface area contributed by atoms with Crippen LogP contribution in [0, 0.1) is 11.8 Å². The maximum atomic E-state index is 6.48. The molecule has 2 saturated heterocycles. The van der Waals surface area contributed by atoms with Crippen LogP contribution in [0.1, 0.15) is 37.9 Å². The van der Waals surface area contributed by atoms with E-state index in [1.807, 2.05) is 0 Å². The molecule has 0 aromatic heterocycles. The molecule has 0 amide bonds. The van der Waals surface area contributed by atoms with E-state index in [9.17, 15) is 0 Å². The zero-order valence-electron chi connectivity index (χ0n) is 11.9. The van der Waals surface area contributed by atoms with Gasteiger partial charge in [-0.25, -0.2) is 0 Å². The van der Waals surface area contributed by atoms with Gasteiger partial charge in [-0.05, 0) is 12.0 Å². The van der Waals surface area contributed by atoms with Crippen LogP contribution in [0.4, 0.5) is 0 Å². The minimum absolute atomic E-state index is 0.211. The predicted octanol–water partition coefficient (Wildman–Crippen LogP) is 3.89. The molecule has 0 saturated carbocycles. The van der Waals surface area contributed by atoms with Gasteiger partial charge >= 0.3 is 0 Å². The molecule has 0 aliphatic carbocycles. The van der Waals surface area contributed by atoms with E-state index >= 15 is 0 Å². The Balaban J connectivity index is 1.63. The van der Waals surface area contributed by atoms with Gasteiger partial charge in [0.2, 0.25) is 0 Å². The molecule has 4 rings (SSSR count). The lowest BCUT2D eigenvalue weighted by Gasteiger charge is -2.21. The third kappa shape index (κ3) is 1.86. The predicted molar refractivity (Wildman–Crippen MR) is 78.4 cm³/mol. The van der Waals surface area contributed by atoms with Crippen molar-refractivity contribution >= 4 is 0 Å². The van der Waals surface area contributed by atoms with Crippen molar-refractivity contribution in [1.29, 1.82) is 0 Å². The Kier molecular flexibility index (Phi) is 3.16. The fourth-order valence-corrected chi connectivity index (χ4v) is 4.18. The summed E-state index contributed by atoms with van der Waals surface area (Å²) in [5, 5.41) is 0. The Morgan fingerprint density at radius 1 is 0.950 bits per heavy atom. The van der Waals surface area contributed by atoms with Gasteiger partial charge in [0.1, 0.15) is 0 Å². The first-order valence-corrected chi connectivity index (χ1v) is 7.92. The molecule has 1 aromatic rings. The van der Waals surface area contributed by atoms with Crippen LogP contribution in [0.2, 0.25) is 0 Å². The first-order valence-electron chi connectivity index (χ1n) is 7.92. The minimum Gasteiger partial charge on any atom is -0.369 e. The summed E-state index contributed by atoms with van der Waals surface area (Å²) >= 11 is 0. The van der Waals surface area contributed by atoms with Crippen LogP contribution < -0.4 is 0 Å². The molecule has 2 bridgehead atoms. The highest BCUT2D eigenvalue weighted by Gasteiger charge is 2.57. The molecule has 3 aliphatic heterocycles. The fraction of sp³-hybridized carbons (Fsp3) is 0.556. The monoisotopic (exact) mass is 270 g/mol. The number of ether oxygens (including phenoxy) is 2. The highest BCUT2D eigenvalue weighted by molar-refractivity contribution is 5.26. The van der Waals surface area contributed by atoms with Crippen molar-refractivity contribution in [3.8, 4) is 0 Å². The van der Waals surface area contributed by atoms with E-state index in [4.69, 9.17) is 9.47 Å². The maximum Gasteiger partial charge on any atom is 0.0889 e. The van der Waals surface area contributed by atoms with Crippen molar-refractivity contribution < 1.29 is 9.47 Å². The molecule has 2 fully saturated rings. The average molecular weight is 270 g/mol. The van der Waals surface area contributed by atoms with Crippen LogP contribution in [0.25, 0.3) is 0 Å². The van der Waals surface area contributed by atoms with E-state index in [0.717, 1.165) is 0 Å². The van der Waals surface area contributed by atoms with Crippen LogP contribution >= 0.6 is 0 Å². The summed E-state index contributed by atoms with van der Waals surface area (Å²) in [4.78, 5) is 0. The van der Waals surface area contributed by atoms with Gasteiger partial charge in [-0.2, -0.15) is 0 Å². The lowest BCUT2D eigenvalue weighted by Crippen LogP contribution is -2.28. The number of unbranched alkanes of at least 4 members (excludes halogenated alkanes) is 1. The molecular weight excluding hydrogens is 248 g/mol. The van der Waals surface area contributed by atoms with E-state index in [1.54, 1.807) is 0 Å². The van der Waals surface area contributed by atoms with Gasteiger partial charge < -0.3 is 9.47 Å². The first kappa shape index (κ1) is 12.6. The van der Waals surface area contributed by atoms with Gasteiger partial charge in [-0.3, -0.25) is 0 Å². The van der Waals surface area contributed by atoms with Gasteiger partial charge in [0.15, 0.2) is 0 Å². The normalized spacial score (nSPS) is 41.2. The van der Waals surface area contributed by atoms with Gasteiger partial charge in [0, 0.05) is 11.8 Å². The highest BCUT2D eigenvalue weighted by atomic mass is 16.5. The van der Waals surface area contributed by atoms with Gasteiger partial charge in [-0.1, -0.05) is 62.2 Å². The second-order valence-corrected chi connectivity index (χ2v) is 6.25. The first-order chi connectivity index (χ1) is 9.88. The van der Waals surface area contributed by atoms with Gasteiger partial charge in [0.25, 0.3) is 0 Å². The molecule has 0 unspecified atom stereocenters. The Bertz CT molecular complexity index is 495. The highest BCUT2D eigenvalue weighted by Crippen LogP contribution is 2.55. The number of benzene rings is 1. The molecule has 3 aliphatic rings. The summed E-state index contributed by atoms with van der Waals surface area (Å²) in [6.07, 6.45) is 9.28. The molecule has 2 nitrogen and oxygen atoms in total. The molecule has 106 valence electrons. The second kappa shape index (κ2) is 5.01. The smallest absolute Gasteiger partial charge is 0.0889 e. The second-order valence-electron chi connectivity index (χ2n) is 6.25. The topological polar surface area (TPSA) is 18.5 Å². The molecule has 20 heavy (non-hydrogen) atoms. The summed E-state index contributed by atoms with van der Waals surface area (Å²) in [5.74, 6) is 1.07. The fourth-order valence-electron chi connectivity index (χ4n) is 4.18. The summed E-state index contributed by atoms with van der Waals surface area (Å²) < 4.78 is 12.6. The maximum absolute atomic E-state index is 6.48. The Labute approximate surface area is 120 Å². The lowest BCUT2D eigenvalue weighted by atomic mass is 9.77. The molecule has 0 radical (unpaired) electrons. The van der Waals surface area contributed by atoms with Gasteiger partial charge in [0.05, 0.1) is 24.4 Å². The summed E-state index contributed by atoms with van der Waals surface area (Å²) in [7, 11) is 0. The van der Waals surface area contributed by atoms with Crippen LogP contribution in [0.3, 0.4) is 0 Å². The molecule has 0 N–H and O–H groups in total. The molecule has 1 aromatic carbocycles. The third-order valence-corrected chi connectivity index (χ3v) is 5.08. The largest absolute Gasteiger partial charge is 0.369 e. The van der Waals surface area contributed by atoms with E-state index in [1.165, 1.54) is 24.8 Å². The average Bonchev–Trinajstić information content (AvgIpc) is 3.18. The van der Waals surface area contributed by atoms with E-state index in [0.29, 0.717) is 24.0 Å². The summed E-state index contributed by atoms with van der Waals surface area (Å²) in [6.45, 7) is 2.25. The molecule has 0 spiro atoms. The number of fused-ring (bicyclic) bond motifs is 5. The summed E-state index contributed by atoms with van der Waals surface area (Å²) in [5.41, 5.74) is 1.31. The SMILES string of the molecule is CCCC[C@H]1O[C@H](c2ccccc2)[C@@H]2[C@@H]1[C@H]1C=C[C@@H]2O1. The van der Waals surface area contributed by atoms with Crippen LogP contribution in [-0.2, 0) is 9.47 Å². The molecule has 6 atom stereocenters. The van der Waals surface area contributed by atoms with Crippen molar-refractivity contribution in [2.75, 3.05) is 0 Å². The van der Waals surface area contributed by atoms with E-state index < -0.39 is 0 Å². The quantitative estimate of drug-likeness (QED) is 0.773. The third-order valence-electron chi connectivity index (χ3n) is 5.08. The Morgan fingerprint density at radius 3 is 2.45 bits per heavy atom.